The summed E-state index contributed by atoms with van der Waals surface area (Å²) in [6, 6.07) is 0. The van der Waals surface area contributed by atoms with Crippen LogP contribution in [0.4, 0.5) is 0 Å². The Balaban J connectivity index is 2.45. The molecule has 15 heavy (non-hydrogen) atoms. The van der Waals surface area contributed by atoms with Gasteiger partial charge in [-0.25, -0.2) is 4.98 Å². The summed E-state index contributed by atoms with van der Waals surface area (Å²) in [5, 5.41) is 15.5. The van der Waals surface area contributed by atoms with Gasteiger partial charge in [-0.2, -0.15) is 5.10 Å². The summed E-state index contributed by atoms with van der Waals surface area (Å²) in [5.41, 5.74) is 0. The first-order valence-electron chi connectivity index (χ1n) is 5.23. The summed E-state index contributed by atoms with van der Waals surface area (Å²) < 4.78 is 0. The molecule has 0 aliphatic heterocycles. The average molecular weight is 211 g/mol. The SMILES string of the molecule is CCCc1n[nH]c(CC(C)CC(=O)O)n1. The van der Waals surface area contributed by atoms with Crippen molar-refractivity contribution in [3.05, 3.63) is 11.6 Å². The lowest BCUT2D eigenvalue weighted by atomic mass is 10.0. The number of carboxylic acid groups (broad SMARTS) is 1. The predicted molar refractivity (Wildman–Crippen MR) is 55.5 cm³/mol. The number of aromatic amines is 1. The van der Waals surface area contributed by atoms with E-state index in [1.807, 2.05) is 6.92 Å². The maximum atomic E-state index is 10.5. The van der Waals surface area contributed by atoms with Crippen LogP contribution in [-0.4, -0.2) is 26.3 Å². The first-order valence-corrected chi connectivity index (χ1v) is 5.23. The van der Waals surface area contributed by atoms with Crippen LogP contribution in [0.3, 0.4) is 0 Å². The van der Waals surface area contributed by atoms with Crippen molar-refractivity contribution in [3.63, 3.8) is 0 Å². The number of carboxylic acids is 1. The highest BCUT2D eigenvalue weighted by Gasteiger charge is 2.11. The van der Waals surface area contributed by atoms with Crippen LogP contribution in [0.1, 0.15) is 38.3 Å². The number of rotatable bonds is 6. The van der Waals surface area contributed by atoms with E-state index in [9.17, 15) is 4.79 Å². The van der Waals surface area contributed by atoms with E-state index < -0.39 is 5.97 Å². The van der Waals surface area contributed by atoms with Gasteiger partial charge in [-0.1, -0.05) is 13.8 Å². The van der Waals surface area contributed by atoms with Gasteiger partial charge in [0.05, 0.1) is 0 Å². The summed E-state index contributed by atoms with van der Waals surface area (Å²) in [6.45, 7) is 3.97. The number of hydrogen-bond acceptors (Lipinski definition) is 3. The van der Waals surface area contributed by atoms with E-state index >= 15 is 0 Å². The molecule has 0 saturated carbocycles. The van der Waals surface area contributed by atoms with Crippen molar-refractivity contribution in [1.29, 1.82) is 0 Å². The van der Waals surface area contributed by atoms with Gasteiger partial charge in [-0.15, -0.1) is 0 Å². The summed E-state index contributed by atoms with van der Waals surface area (Å²) >= 11 is 0. The lowest BCUT2D eigenvalue weighted by molar-refractivity contribution is -0.137. The van der Waals surface area contributed by atoms with Crippen LogP contribution in [0, 0.1) is 5.92 Å². The van der Waals surface area contributed by atoms with Crippen molar-refractivity contribution in [1.82, 2.24) is 15.2 Å². The summed E-state index contributed by atoms with van der Waals surface area (Å²) in [7, 11) is 0. The van der Waals surface area contributed by atoms with Gasteiger partial charge < -0.3 is 5.11 Å². The molecule has 0 aromatic carbocycles. The Labute approximate surface area is 88.9 Å². The number of carbonyl (C=O) groups is 1. The molecule has 0 saturated heterocycles. The fourth-order valence-electron chi connectivity index (χ4n) is 1.46. The quantitative estimate of drug-likeness (QED) is 0.745. The molecule has 0 aliphatic rings. The molecule has 2 N–H and O–H groups in total. The molecule has 1 rings (SSSR count). The largest absolute Gasteiger partial charge is 0.481 e. The highest BCUT2D eigenvalue weighted by atomic mass is 16.4. The summed E-state index contributed by atoms with van der Waals surface area (Å²) in [4.78, 5) is 14.7. The Hall–Kier alpha value is -1.39. The normalized spacial score (nSPS) is 12.7. The number of aryl methyl sites for hydroxylation is 1. The van der Waals surface area contributed by atoms with Gasteiger partial charge in [0.25, 0.3) is 0 Å². The third-order valence-corrected chi connectivity index (χ3v) is 2.12. The second kappa shape index (κ2) is 5.48. The third-order valence-electron chi connectivity index (χ3n) is 2.12. The van der Waals surface area contributed by atoms with Crippen molar-refractivity contribution in [2.75, 3.05) is 0 Å². The average Bonchev–Trinajstić information content (AvgIpc) is 2.51. The molecule has 0 spiro atoms. The Morgan fingerprint density at radius 2 is 2.33 bits per heavy atom. The zero-order valence-corrected chi connectivity index (χ0v) is 9.16. The first-order chi connectivity index (χ1) is 7.11. The molecule has 1 heterocycles. The summed E-state index contributed by atoms with van der Waals surface area (Å²) in [6.07, 6.45) is 2.69. The van der Waals surface area contributed by atoms with Crippen molar-refractivity contribution in [3.8, 4) is 0 Å². The number of hydrogen-bond donors (Lipinski definition) is 2. The van der Waals surface area contributed by atoms with Gasteiger partial charge in [0.1, 0.15) is 5.82 Å². The minimum atomic E-state index is -0.768. The fourth-order valence-corrected chi connectivity index (χ4v) is 1.46. The monoisotopic (exact) mass is 211 g/mol. The van der Waals surface area contributed by atoms with E-state index in [2.05, 4.69) is 22.1 Å². The molecule has 0 amide bonds. The van der Waals surface area contributed by atoms with Gasteiger partial charge in [0.2, 0.25) is 0 Å². The summed E-state index contributed by atoms with van der Waals surface area (Å²) in [5.74, 6) is 0.919. The van der Waals surface area contributed by atoms with E-state index in [0.717, 1.165) is 24.5 Å². The van der Waals surface area contributed by atoms with E-state index in [1.54, 1.807) is 0 Å². The molecular weight excluding hydrogens is 194 g/mol. The first kappa shape index (κ1) is 11.7. The highest BCUT2D eigenvalue weighted by Crippen LogP contribution is 2.08. The van der Waals surface area contributed by atoms with Crippen LogP contribution < -0.4 is 0 Å². The Kier molecular flexibility index (Phi) is 4.27. The van der Waals surface area contributed by atoms with Gasteiger partial charge in [0.15, 0.2) is 5.82 Å². The smallest absolute Gasteiger partial charge is 0.303 e. The standard InChI is InChI=1S/C10H17N3O2/c1-3-4-8-11-9(13-12-8)5-7(2)6-10(14)15/h7H,3-6H2,1-2H3,(H,14,15)(H,11,12,13). The van der Waals surface area contributed by atoms with Crippen LogP contribution in [0.25, 0.3) is 0 Å². The topological polar surface area (TPSA) is 78.9 Å². The second-order valence-electron chi connectivity index (χ2n) is 3.86. The minimum Gasteiger partial charge on any atom is -0.481 e. The van der Waals surface area contributed by atoms with E-state index in [4.69, 9.17) is 5.11 Å². The molecule has 84 valence electrons. The molecule has 0 radical (unpaired) electrons. The molecule has 0 aliphatic carbocycles. The van der Waals surface area contributed by atoms with Crippen LogP contribution >= 0.6 is 0 Å². The van der Waals surface area contributed by atoms with Crippen molar-refractivity contribution in [2.45, 2.75) is 39.5 Å². The molecule has 1 unspecified atom stereocenters. The molecule has 1 aromatic rings. The molecule has 0 fully saturated rings. The zero-order chi connectivity index (χ0) is 11.3. The van der Waals surface area contributed by atoms with Crippen molar-refractivity contribution < 1.29 is 9.90 Å². The molecule has 5 heteroatoms. The molecular formula is C10H17N3O2. The lowest BCUT2D eigenvalue weighted by Crippen LogP contribution is -2.08. The lowest BCUT2D eigenvalue weighted by Gasteiger charge is -2.04. The van der Waals surface area contributed by atoms with Gasteiger partial charge in [-0.3, -0.25) is 9.89 Å². The maximum absolute atomic E-state index is 10.5. The minimum absolute atomic E-state index is 0.0879. The Morgan fingerprint density at radius 1 is 1.60 bits per heavy atom. The van der Waals surface area contributed by atoms with Crippen LogP contribution in [0.5, 0.6) is 0 Å². The second-order valence-corrected chi connectivity index (χ2v) is 3.86. The molecule has 0 bridgehead atoms. The van der Waals surface area contributed by atoms with E-state index in [0.29, 0.717) is 6.42 Å². The number of nitrogens with one attached hydrogen (secondary N) is 1. The number of aliphatic carboxylic acids is 1. The third kappa shape index (κ3) is 4.10. The van der Waals surface area contributed by atoms with Crippen LogP contribution in [0.2, 0.25) is 0 Å². The highest BCUT2D eigenvalue weighted by molar-refractivity contribution is 5.66. The van der Waals surface area contributed by atoms with Crippen molar-refractivity contribution in [2.24, 2.45) is 5.92 Å². The molecule has 5 nitrogen and oxygen atoms in total. The van der Waals surface area contributed by atoms with E-state index in [-0.39, 0.29) is 12.3 Å². The van der Waals surface area contributed by atoms with Crippen molar-refractivity contribution >= 4 is 5.97 Å². The van der Waals surface area contributed by atoms with Gasteiger partial charge in [-0.05, 0) is 12.3 Å². The van der Waals surface area contributed by atoms with E-state index in [1.165, 1.54) is 0 Å². The maximum Gasteiger partial charge on any atom is 0.303 e. The fraction of sp³-hybridized carbons (Fsp3) is 0.700. The van der Waals surface area contributed by atoms with Crippen LogP contribution in [-0.2, 0) is 17.6 Å². The number of H-pyrrole nitrogens is 1. The Bertz CT molecular complexity index is 322. The number of nitrogens with zero attached hydrogens (tertiary/aromatic N) is 2. The predicted octanol–water partition coefficient (Wildman–Crippen LogP) is 1.41. The van der Waals surface area contributed by atoms with Crippen LogP contribution in [0.15, 0.2) is 0 Å². The molecule has 1 atom stereocenters. The number of aromatic nitrogens is 3. The zero-order valence-electron chi connectivity index (χ0n) is 9.16. The van der Waals surface area contributed by atoms with Gasteiger partial charge in [0, 0.05) is 19.3 Å². The molecule has 1 aromatic heterocycles. The Morgan fingerprint density at radius 3 is 2.93 bits per heavy atom. The van der Waals surface area contributed by atoms with Gasteiger partial charge >= 0.3 is 5.97 Å².